The molecule has 0 saturated heterocycles. The Morgan fingerprint density at radius 2 is 1.64 bits per heavy atom. The highest BCUT2D eigenvalue weighted by Gasteiger charge is 2.24. The maximum atomic E-state index is 13.2. The molecule has 1 heterocycles. The molecule has 0 aliphatic heterocycles. The summed E-state index contributed by atoms with van der Waals surface area (Å²) in [4.78, 5) is 13.6. The Morgan fingerprint density at radius 3 is 2.27 bits per heavy atom. The summed E-state index contributed by atoms with van der Waals surface area (Å²) in [5.74, 6) is -0.179. The van der Waals surface area contributed by atoms with E-state index in [1.165, 1.54) is 21.2 Å². The molecule has 170 valence electrons. The van der Waals surface area contributed by atoms with Crippen molar-refractivity contribution in [2.75, 3.05) is 16.2 Å². The zero-order valence-electron chi connectivity index (χ0n) is 18.8. The molecule has 1 N–H and O–H groups in total. The number of aryl methyl sites for hydroxylation is 2. The maximum absolute atomic E-state index is 13.2. The fourth-order valence-corrected chi connectivity index (χ4v) is 6.05. The Hall–Kier alpha value is -3.16. The first-order chi connectivity index (χ1) is 15.8. The van der Waals surface area contributed by atoms with Crippen LogP contribution >= 0.6 is 11.3 Å². The molecule has 0 spiro atoms. The summed E-state index contributed by atoms with van der Waals surface area (Å²) in [6, 6.07) is 22.0. The van der Waals surface area contributed by atoms with Gasteiger partial charge in [-0.05, 0) is 79.7 Å². The predicted octanol–water partition coefficient (Wildman–Crippen LogP) is 6.24. The minimum absolute atomic E-state index is 0.179. The number of sulfonamides is 1. The summed E-state index contributed by atoms with van der Waals surface area (Å²) in [5, 5.41) is 3.77. The molecule has 0 saturated carbocycles. The van der Waals surface area contributed by atoms with Gasteiger partial charge in [0, 0.05) is 16.9 Å². The van der Waals surface area contributed by atoms with Crippen molar-refractivity contribution >= 4 is 48.7 Å². The van der Waals surface area contributed by atoms with Gasteiger partial charge < -0.3 is 5.32 Å². The van der Waals surface area contributed by atoms with Gasteiger partial charge >= 0.3 is 0 Å². The number of hydrogen-bond donors (Lipinski definition) is 1. The van der Waals surface area contributed by atoms with E-state index in [1.807, 2.05) is 56.3 Å². The second kappa shape index (κ2) is 9.37. The molecule has 5 nitrogen and oxygen atoms in total. The summed E-state index contributed by atoms with van der Waals surface area (Å²) < 4.78 is 28.8. The zero-order chi connectivity index (χ0) is 23.6. The lowest BCUT2D eigenvalue weighted by Gasteiger charge is -2.23. The molecule has 0 bridgehead atoms. The number of amides is 1. The monoisotopic (exact) mass is 478 g/mol. The van der Waals surface area contributed by atoms with Gasteiger partial charge in [-0.2, -0.15) is 0 Å². The molecule has 4 aromatic rings. The minimum atomic E-state index is -3.69. The molecule has 0 aliphatic carbocycles. The van der Waals surface area contributed by atoms with Crippen LogP contribution in [-0.4, -0.2) is 20.9 Å². The number of fused-ring (bicyclic) bond motifs is 1. The number of rotatable bonds is 7. The van der Waals surface area contributed by atoms with Crippen molar-refractivity contribution in [3.05, 3.63) is 88.8 Å². The number of nitrogens with one attached hydrogen (secondary N) is 1. The quantitative estimate of drug-likeness (QED) is 0.342. The van der Waals surface area contributed by atoms with Crippen molar-refractivity contribution in [2.24, 2.45) is 0 Å². The standard InChI is InChI=1S/C26H26N2O3S2/c1-4-19-8-10-21(11-9-19)27-26(29)25-17-20-16-22(12-15-24(20)32-25)28(5-2)33(30,31)23-13-6-18(3)7-14-23/h6-17H,4-5H2,1-3H3,(H,27,29). The summed E-state index contributed by atoms with van der Waals surface area (Å²) in [7, 11) is -3.69. The van der Waals surface area contributed by atoms with Crippen molar-refractivity contribution in [3.8, 4) is 0 Å². The highest BCUT2D eigenvalue weighted by atomic mass is 32.2. The Bertz CT molecular complexity index is 1390. The van der Waals surface area contributed by atoms with Gasteiger partial charge in [-0.3, -0.25) is 9.10 Å². The number of hydrogen-bond acceptors (Lipinski definition) is 4. The number of carbonyl (C=O) groups excluding carboxylic acids is 1. The van der Waals surface area contributed by atoms with Crippen LogP contribution in [-0.2, 0) is 16.4 Å². The van der Waals surface area contributed by atoms with E-state index in [4.69, 9.17) is 0 Å². The van der Waals surface area contributed by atoms with E-state index >= 15 is 0 Å². The van der Waals surface area contributed by atoms with E-state index in [-0.39, 0.29) is 10.8 Å². The number of thiophene rings is 1. The lowest BCUT2D eigenvalue weighted by atomic mass is 10.1. The van der Waals surface area contributed by atoms with Crippen LogP contribution in [0.15, 0.2) is 77.7 Å². The second-order valence-electron chi connectivity index (χ2n) is 7.82. The van der Waals surface area contributed by atoms with Crippen LogP contribution in [0.25, 0.3) is 10.1 Å². The molecule has 33 heavy (non-hydrogen) atoms. The molecule has 0 atom stereocenters. The fraction of sp³-hybridized carbons (Fsp3) is 0.192. The van der Waals surface area contributed by atoms with E-state index in [2.05, 4.69) is 12.2 Å². The predicted molar refractivity (Wildman–Crippen MR) is 137 cm³/mol. The fourth-order valence-electron chi connectivity index (χ4n) is 3.64. The molecule has 1 amide bonds. The largest absolute Gasteiger partial charge is 0.321 e. The van der Waals surface area contributed by atoms with Gasteiger partial charge in [0.25, 0.3) is 15.9 Å². The van der Waals surface area contributed by atoms with Gasteiger partial charge in [-0.25, -0.2) is 8.42 Å². The first-order valence-electron chi connectivity index (χ1n) is 10.8. The molecule has 4 rings (SSSR count). The van der Waals surface area contributed by atoms with Crippen molar-refractivity contribution < 1.29 is 13.2 Å². The first-order valence-corrected chi connectivity index (χ1v) is 13.1. The Morgan fingerprint density at radius 1 is 0.939 bits per heavy atom. The minimum Gasteiger partial charge on any atom is -0.321 e. The number of benzene rings is 3. The van der Waals surface area contributed by atoms with Crippen molar-refractivity contribution in [1.29, 1.82) is 0 Å². The van der Waals surface area contributed by atoms with Gasteiger partial charge in [0.15, 0.2) is 0 Å². The van der Waals surface area contributed by atoms with Gasteiger partial charge in [0.05, 0.1) is 15.5 Å². The summed E-state index contributed by atoms with van der Waals surface area (Å²) in [6.07, 6.45) is 0.946. The molecule has 0 radical (unpaired) electrons. The van der Waals surface area contributed by atoms with Gasteiger partial charge in [0.1, 0.15) is 0 Å². The Kier molecular flexibility index (Phi) is 6.54. The Balaban J connectivity index is 1.61. The van der Waals surface area contributed by atoms with Gasteiger partial charge in [0.2, 0.25) is 0 Å². The van der Waals surface area contributed by atoms with E-state index in [0.29, 0.717) is 17.1 Å². The average Bonchev–Trinajstić information content (AvgIpc) is 3.24. The molecular weight excluding hydrogens is 452 g/mol. The molecule has 3 aromatic carbocycles. The van der Waals surface area contributed by atoms with Crippen LogP contribution in [0.4, 0.5) is 11.4 Å². The molecule has 7 heteroatoms. The third-order valence-electron chi connectivity index (χ3n) is 5.53. The van der Waals surface area contributed by atoms with Crippen LogP contribution in [0.5, 0.6) is 0 Å². The smallest absolute Gasteiger partial charge is 0.265 e. The number of anilines is 2. The Labute approximate surface area is 198 Å². The van der Waals surface area contributed by atoms with Crippen LogP contribution < -0.4 is 9.62 Å². The number of nitrogens with zero attached hydrogens (tertiary/aromatic N) is 1. The van der Waals surface area contributed by atoms with Gasteiger partial charge in [-0.1, -0.05) is 36.8 Å². The van der Waals surface area contributed by atoms with Crippen molar-refractivity contribution in [3.63, 3.8) is 0 Å². The molecule has 0 unspecified atom stereocenters. The van der Waals surface area contributed by atoms with E-state index in [0.717, 1.165) is 27.8 Å². The molecular formula is C26H26N2O3S2. The number of carbonyl (C=O) groups is 1. The third-order valence-corrected chi connectivity index (χ3v) is 8.56. The van der Waals surface area contributed by atoms with Crippen LogP contribution in [0.3, 0.4) is 0 Å². The van der Waals surface area contributed by atoms with E-state index in [9.17, 15) is 13.2 Å². The van der Waals surface area contributed by atoms with Crippen molar-refractivity contribution in [2.45, 2.75) is 32.1 Å². The normalized spacial score (nSPS) is 11.5. The topological polar surface area (TPSA) is 66.5 Å². The average molecular weight is 479 g/mol. The zero-order valence-corrected chi connectivity index (χ0v) is 20.5. The molecule has 0 fully saturated rings. The summed E-state index contributed by atoms with van der Waals surface area (Å²) >= 11 is 1.39. The summed E-state index contributed by atoms with van der Waals surface area (Å²) in [5.41, 5.74) is 3.54. The van der Waals surface area contributed by atoms with E-state index < -0.39 is 10.0 Å². The lowest BCUT2D eigenvalue weighted by molar-refractivity contribution is 0.103. The highest BCUT2D eigenvalue weighted by Crippen LogP contribution is 2.32. The summed E-state index contributed by atoms with van der Waals surface area (Å²) in [6.45, 7) is 6.12. The van der Waals surface area contributed by atoms with Crippen molar-refractivity contribution in [1.82, 2.24) is 0 Å². The molecule has 0 aliphatic rings. The highest BCUT2D eigenvalue weighted by molar-refractivity contribution is 7.92. The lowest BCUT2D eigenvalue weighted by Crippen LogP contribution is -2.30. The first kappa shape index (κ1) is 23.0. The second-order valence-corrected chi connectivity index (χ2v) is 10.8. The van der Waals surface area contributed by atoms with Gasteiger partial charge in [-0.15, -0.1) is 11.3 Å². The molecule has 1 aromatic heterocycles. The SMILES string of the molecule is CCc1ccc(NC(=O)c2cc3cc(N(CC)S(=O)(=O)c4ccc(C)cc4)ccc3s2)cc1. The maximum Gasteiger partial charge on any atom is 0.265 e. The third kappa shape index (κ3) is 4.79. The van der Waals surface area contributed by atoms with Crippen LogP contribution in [0.1, 0.15) is 34.6 Å². The van der Waals surface area contributed by atoms with Crippen LogP contribution in [0, 0.1) is 6.92 Å². The van der Waals surface area contributed by atoms with Crippen LogP contribution in [0.2, 0.25) is 0 Å². The van der Waals surface area contributed by atoms with E-state index in [1.54, 1.807) is 30.3 Å².